The van der Waals surface area contributed by atoms with Crippen LogP contribution in [0.3, 0.4) is 0 Å². The topological polar surface area (TPSA) is 404 Å². The first-order valence-electron chi connectivity index (χ1n) is 27.7. The van der Waals surface area contributed by atoms with Crippen LogP contribution in [-0.2, 0) is 84.3 Å². The summed E-state index contributed by atoms with van der Waals surface area (Å²) >= 11 is 0. The molecule has 5 heterocycles. The Morgan fingerprint density at radius 1 is 0.810 bits per heavy atom. The third kappa shape index (κ3) is 15.0. The summed E-state index contributed by atoms with van der Waals surface area (Å²) in [6.07, 6.45) is -4.61. The number of cyclic esters (lactones) is 1. The zero-order valence-electron chi connectivity index (χ0n) is 47.5. The van der Waals surface area contributed by atoms with Gasteiger partial charge in [0.25, 0.3) is 17.4 Å². The van der Waals surface area contributed by atoms with Crippen LogP contribution < -0.4 is 37.5 Å². The molecule has 0 saturated heterocycles. The lowest BCUT2D eigenvalue weighted by molar-refractivity contribution is -0.172. The van der Waals surface area contributed by atoms with Crippen molar-refractivity contribution >= 4 is 64.1 Å². The van der Waals surface area contributed by atoms with E-state index in [4.69, 9.17) is 19.6 Å². The molecule has 3 aromatic rings. The molecule has 3 aliphatic rings. The number of aliphatic hydroxyl groups is 6. The lowest BCUT2D eigenvalue weighted by Gasteiger charge is -2.31. The summed E-state index contributed by atoms with van der Waals surface area (Å²) in [5.41, 5.74) is 0.870. The van der Waals surface area contributed by atoms with Crippen molar-refractivity contribution in [1.29, 1.82) is 0 Å². The Labute approximate surface area is 481 Å². The van der Waals surface area contributed by atoms with E-state index in [1.54, 1.807) is 33.8 Å². The van der Waals surface area contributed by atoms with Crippen molar-refractivity contribution in [2.45, 2.75) is 161 Å². The molecule has 458 valence electrons. The lowest BCUT2D eigenvalue weighted by Crippen LogP contribution is -2.58. The SMILES string of the molecule is CCc1c2c(nc3cc(F)c(C)c(CNC(=O)COCNC(=O)[C@H](C)NC(=O)[C@@H](NC(=O)[C@H](CCC(=O)NC[C@H](O)[C@@H](O)[C@H](O)[C@H](O)CO)NC(=O)CCCCCN4C(=O)C=CC4=O)C(C)C)c13)-c1cc3c(c(=O)n1C2)COC(=O)[C@]3(O)CC. The number of carbonyl (C=O) groups is 9. The van der Waals surface area contributed by atoms with E-state index in [-0.39, 0.29) is 74.1 Å². The maximum Gasteiger partial charge on any atom is 0.343 e. The highest BCUT2D eigenvalue weighted by Crippen LogP contribution is 2.41. The van der Waals surface area contributed by atoms with Crippen molar-refractivity contribution in [2.75, 3.05) is 33.0 Å². The van der Waals surface area contributed by atoms with Crippen LogP contribution in [0.1, 0.15) is 113 Å². The van der Waals surface area contributed by atoms with Gasteiger partial charge in [0.05, 0.1) is 41.7 Å². The highest BCUT2D eigenvalue weighted by Gasteiger charge is 2.46. The number of hydrogen-bond donors (Lipinski definition) is 12. The number of pyridine rings is 2. The van der Waals surface area contributed by atoms with Gasteiger partial charge in [-0.3, -0.25) is 48.1 Å². The van der Waals surface area contributed by atoms with E-state index in [1.807, 2.05) is 6.92 Å². The number of esters is 1. The molecule has 27 nitrogen and oxygen atoms in total. The molecule has 0 radical (unpaired) electrons. The molecule has 3 aliphatic heterocycles. The fraction of sp³-hybridized carbons (Fsp3) is 0.554. The van der Waals surface area contributed by atoms with Gasteiger partial charge in [0.1, 0.15) is 62.2 Å². The standard InChI is InChI=1S/C56H74FN9O18/c1-7-30-32-22-66-38(18-34-33(54(66)80)24-84-55(81)56(34,82)8-2)48(32)63-37-19-35(57)28(5)31(46(30)37)20-58-43(72)25-83-26-60-51(77)29(6)61-53(79)47(27(3)4)64-52(78)36(13-14-41(70)59-21-39(68)49(75)50(76)40(69)23-67)62-42(71)12-10-9-11-17-65-44(73)15-16-45(65)74/h15-16,18-19,27,29,36,39-40,47,49-50,67-69,75-76,82H,7-14,17,20-26H2,1-6H3,(H,58,72)(H,59,70)(H,60,77)(H,61,79)(H,62,71)(H,64,78)/t29-,36-,39-,40+,47-,49+,50+,56-/m0/s1. The molecule has 2 aromatic heterocycles. The molecular weight excluding hydrogens is 1110 g/mol. The van der Waals surface area contributed by atoms with Crippen LogP contribution in [-0.4, -0.2) is 174 Å². The van der Waals surface area contributed by atoms with Gasteiger partial charge < -0.3 is 76.6 Å². The summed E-state index contributed by atoms with van der Waals surface area (Å²) in [5.74, 6) is -7.45. The largest absolute Gasteiger partial charge is 0.458 e. The average molecular weight is 1180 g/mol. The number of halogens is 1. The summed E-state index contributed by atoms with van der Waals surface area (Å²) in [4.78, 5) is 136. The summed E-state index contributed by atoms with van der Waals surface area (Å²) in [6, 6.07) is -1.11. The van der Waals surface area contributed by atoms with Crippen molar-refractivity contribution in [1.82, 2.24) is 46.4 Å². The van der Waals surface area contributed by atoms with E-state index in [9.17, 15) is 73.5 Å². The predicted octanol–water partition coefficient (Wildman–Crippen LogP) is -2.26. The number of hydrogen-bond acceptors (Lipinski definition) is 19. The third-order valence-electron chi connectivity index (χ3n) is 15.1. The van der Waals surface area contributed by atoms with Gasteiger partial charge in [-0.05, 0) is 74.6 Å². The molecule has 0 saturated carbocycles. The minimum absolute atomic E-state index is 0.0460. The monoisotopic (exact) mass is 1180 g/mol. The second kappa shape index (κ2) is 28.8. The predicted molar refractivity (Wildman–Crippen MR) is 293 cm³/mol. The van der Waals surface area contributed by atoms with Crippen molar-refractivity contribution < 1.29 is 87.7 Å². The molecule has 0 fully saturated rings. The van der Waals surface area contributed by atoms with Gasteiger partial charge in [0.2, 0.25) is 35.4 Å². The van der Waals surface area contributed by atoms with E-state index in [0.29, 0.717) is 47.2 Å². The van der Waals surface area contributed by atoms with Crippen LogP contribution in [0.25, 0.3) is 22.3 Å². The van der Waals surface area contributed by atoms with E-state index >= 15 is 4.39 Å². The van der Waals surface area contributed by atoms with Gasteiger partial charge in [0.15, 0.2) is 5.60 Å². The van der Waals surface area contributed by atoms with Crippen LogP contribution in [0, 0.1) is 18.7 Å². The molecule has 12 N–H and O–H groups in total. The number of ether oxygens (including phenoxy) is 2. The second-order valence-corrected chi connectivity index (χ2v) is 21.2. The first-order valence-corrected chi connectivity index (χ1v) is 27.7. The van der Waals surface area contributed by atoms with Gasteiger partial charge in [0, 0.05) is 67.2 Å². The number of amides is 8. The van der Waals surface area contributed by atoms with Crippen molar-refractivity contribution in [3.05, 3.63) is 73.8 Å². The minimum atomic E-state index is -2.04. The molecule has 6 rings (SSSR count). The van der Waals surface area contributed by atoms with E-state index in [2.05, 4.69) is 31.9 Å². The van der Waals surface area contributed by atoms with Crippen LogP contribution in [0.2, 0.25) is 0 Å². The van der Waals surface area contributed by atoms with Crippen molar-refractivity contribution in [3.8, 4) is 11.4 Å². The number of aryl methyl sites for hydroxylation is 1. The van der Waals surface area contributed by atoms with Gasteiger partial charge in [-0.2, -0.15) is 0 Å². The number of fused-ring (bicyclic) bond motifs is 5. The first kappa shape index (κ1) is 65.6. The summed E-state index contributed by atoms with van der Waals surface area (Å²) in [6.45, 7) is 6.74. The van der Waals surface area contributed by atoms with Gasteiger partial charge in [-0.1, -0.05) is 34.1 Å². The molecule has 1 aromatic carbocycles. The number of nitrogens with one attached hydrogen (secondary N) is 6. The molecule has 8 amide bonds. The smallest absolute Gasteiger partial charge is 0.343 e. The third-order valence-corrected chi connectivity index (χ3v) is 15.1. The lowest BCUT2D eigenvalue weighted by atomic mass is 9.86. The maximum atomic E-state index is 15.7. The number of benzene rings is 1. The van der Waals surface area contributed by atoms with Gasteiger partial charge >= 0.3 is 5.97 Å². The van der Waals surface area contributed by atoms with Crippen LogP contribution in [0.4, 0.5) is 4.39 Å². The molecule has 0 unspecified atom stereocenters. The number of rotatable bonds is 30. The van der Waals surface area contributed by atoms with Crippen molar-refractivity contribution in [2.24, 2.45) is 5.92 Å². The van der Waals surface area contributed by atoms with E-state index in [1.165, 1.54) is 17.6 Å². The summed E-state index contributed by atoms with van der Waals surface area (Å²) in [7, 11) is 0. The Balaban J connectivity index is 1.02. The molecule has 8 atom stereocenters. The maximum absolute atomic E-state index is 15.7. The Hall–Kier alpha value is -7.60. The Bertz CT molecular complexity index is 3110. The number of nitrogens with zero attached hydrogens (tertiary/aromatic N) is 3. The van der Waals surface area contributed by atoms with Crippen LogP contribution >= 0.6 is 0 Å². The molecule has 0 aliphatic carbocycles. The summed E-state index contributed by atoms with van der Waals surface area (Å²) in [5, 5.41) is 75.9. The Kier molecular flexibility index (Phi) is 22.5. The minimum Gasteiger partial charge on any atom is -0.458 e. The quantitative estimate of drug-likeness (QED) is 0.0113. The zero-order valence-corrected chi connectivity index (χ0v) is 47.5. The molecule has 28 heteroatoms. The molecule has 0 bridgehead atoms. The van der Waals surface area contributed by atoms with E-state index in [0.717, 1.165) is 22.6 Å². The first-order chi connectivity index (χ1) is 39.8. The molecular formula is C56H74FN9O18. The fourth-order valence-electron chi connectivity index (χ4n) is 10.1. The Morgan fingerprint density at radius 2 is 1.50 bits per heavy atom. The van der Waals surface area contributed by atoms with E-state index < -0.39 is 152 Å². The number of imide groups is 1. The zero-order chi connectivity index (χ0) is 61.9. The number of aliphatic hydroxyl groups excluding tert-OH is 5. The summed E-state index contributed by atoms with van der Waals surface area (Å²) < 4.78 is 27.7. The highest BCUT2D eigenvalue weighted by molar-refractivity contribution is 6.12. The van der Waals surface area contributed by atoms with Crippen molar-refractivity contribution in [3.63, 3.8) is 0 Å². The Morgan fingerprint density at radius 3 is 2.15 bits per heavy atom. The van der Waals surface area contributed by atoms with Crippen LogP contribution in [0.15, 0.2) is 29.1 Å². The molecule has 84 heavy (non-hydrogen) atoms. The normalized spacial score (nSPS) is 17.7. The number of unbranched alkanes of at least 4 members (excludes halogenated alkanes) is 2. The van der Waals surface area contributed by atoms with Gasteiger partial charge in [-0.25, -0.2) is 14.2 Å². The second-order valence-electron chi connectivity index (χ2n) is 21.2. The fourth-order valence-corrected chi connectivity index (χ4v) is 10.1. The number of carbonyl (C=O) groups excluding carboxylic acids is 9. The van der Waals surface area contributed by atoms with Gasteiger partial charge in [-0.15, -0.1) is 0 Å². The van der Waals surface area contributed by atoms with Crippen LogP contribution in [0.5, 0.6) is 0 Å². The highest BCUT2D eigenvalue weighted by atomic mass is 19.1. The molecule has 0 spiro atoms. The average Bonchev–Trinajstić information content (AvgIpc) is 1.61. The number of aromatic nitrogens is 2.